The smallest absolute Gasteiger partial charge is 0.138 e. The average molecular weight is 459 g/mol. The molecule has 5 rings (SSSR count). The van der Waals surface area contributed by atoms with E-state index in [1.165, 1.54) is 0 Å². The molecule has 3 aromatic rings. The minimum Gasteiger partial charge on any atom is -0.390 e. The molecule has 2 fully saturated rings. The second-order valence-electron chi connectivity index (χ2n) is 8.72. The van der Waals surface area contributed by atoms with Gasteiger partial charge in [-0.2, -0.15) is 0 Å². The minimum atomic E-state index is -0.974. The molecule has 0 amide bonds. The summed E-state index contributed by atoms with van der Waals surface area (Å²) < 4.78 is 9.71. The fourth-order valence-corrected chi connectivity index (χ4v) is 5.39. The number of aliphatic hydroxyl groups is 2. The lowest BCUT2D eigenvalue weighted by atomic mass is 9.80. The first-order valence-corrected chi connectivity index (χ1v) is 11.1. The lowest BCUT2D eigenvalue weighted by Gasteiger charge is -2.26. The average Bonchev–Trinajstić information content (AvgIpc) is 3.53. The van der Waals surface area contributed by atoms with Crippen LogP contribution >= 0.6 is 11.6 Å². The van der Waals surface area contributed by atoms with Gasteiger partial charge in [0.15, 0.2) is 0 Å². The van der Waals surface area contributed by atoms with Crippen LogP contribution in [0.25, 0.3) is 5.65 Å². The van der Waals surface area contributed by atoms with Crippen molar-refractivity contribution in [1.29, 1.82) is 0 Å². The number of halogens is 1. The summed E-state index contributed by atoms with van der Waals surface area (Å²) in [5, 5.41) is 22.5. The van der Waals surface area contributed by atoms with Gasteiger partial charge in [0, 0.05) is 24.4 Å². The van der Waals surface area contributed by atoms with Gasteiger partial charge in [-0.1, -0.05) is 11.6 Å². The van der Waals surface area contributed by atoms with E-state index in [4.69, 9.17) is 27.8 Å². The van der Waals surface area contributed by atoms with Gasteiger partial charge < -0.3 is 31.0 Å². The zero-order valence-corrected chi connectivity index (χ0v) is 18.5. The molecule has 1 saturated heterocycles. The van der Waals surface area contributed by atoms with Gasteiger partial charge in [0.25, 0.3) is 0 Å². The van der Waals surface area contributed by atoms with Crippen LogP contribution in [0.5, 0.6) is 0 Å². The molecule has 1 aliphatic heterocycles. The van der Waals surface area contributed by atoms with Crippen molar-refractivity contribution < 1.29 is 14.9 Å². The summed E-state index contributed by atoms with van der Waals surface area (Å²) in [5.74, 6) is 0.801. The van der Waals surface area contributed by atoms with E-state index in [1.54, 1.807) is 27.4 Å². The number of pyridine rings is 1. The number of fused-ring (bicyclic) bond motifs is 1. The predicted molar refractivity (Wildman–Crippen MR) is 122 cm³/mol. The van der Waals surface area contributed by atoms with Gasteiger partial charge in [0.1, 0.15) is 28.6 Å². The van der Waals surface area contributed by atoms with E-state index in [0.29, 0.717) is 48.4 Å². The number of aromatic nitrogens is 3. The van der Waals surface area contributed by atoms with Crippen molar-refractivity contribution in [2.24, 2.45) is 16.1 Å². The summed E-state index contributed by atoms with van der Waals surface area (Å²) in [7, 11) is 0. The molecular formula is C22H27ClN6O3. The van der Waals surface area contributed by atoms with Gasteiger partial charge in [-0.15, -0.1) is 0 Å². The Kier molecular flexibility index (Phi) is 5.16. The molecule has 1 saturated carbocycles. The van der Waals surface area contributed by atoms with E-state index in [0.717, 1.165) is 11.2 Å². The largest absolute Gasteiger partial charge is 0.390 e. The maximum absolute atomic E-state index is 11.0. The fourth-order valence-electron chi connectivity index (χ4n) is 5.20. The number of hydrogen-bond donors (Lipinski definition) is 4. The van der Waals surface area contributed by atoms with Crippen LogP contribution in [0.3, 0.4) is 0 Å². The van der Waals surface area contributed by atoms with Crippen molar-refractivity contribution in [2.45, 2.75) is 44.1 Å². The van der Waals surface area contributed by atoms with E-state index in [-0.39, 0.29) is 12.1 Å². The maximum atomic E-state index is 11.0. The molecule has 4 heterocycles. The Morgan fingerprint density at radius 1 is 1.34 bits per heavy atom. The highest BCUT2D eigenvalue weighted by Crippen LogP contribution is 2.54. The number of amidine groups is 1. The molecule has 6 N–H and O–H groups in total. The van der Waals surface area contributed by atoms with E-state index < -0.39 is 17.6 Å². The number of hydrogen-bond acceptors (Lipinski definition) is 6. The second kappa shape index (κ2) is 7.77. The number of nitrogens with two attached hydrogens (primary N) is 2. The third-order valence-electron chi connectivity index (χ3n) is 6.91. The van der Waals surface area contributed by atoms with Crippen LogP contribution in [0.15, 0.2) is 41.8 Å². The molecular weight excluding hydrogens is 432 g/mol. The Balaban J connectivity index is 1.40. The first-order valence-electron chi connectivity index (χ1n) is 10.7. The SMILES string of the molecule is CCN=C(N)c1ccn([C@@H]2C[C@@]3(CO[C@@H](c4ccn5c(Cl)cnc5c4)C3)[C@@H](O)[C@H]2O)c1N. The Labute approximate surface area is 190 Å². The lowest BCUT2D eigenvalue weighted by Crippen LogP contribution is -2.37. The van der Waals surface area contributed by atoms with Crippen LogP contribution in [0.2, 0.25) is 5.15 Å². The number of aliphatic imine (C=N–C) groups is 1. The molecule has 0 aromatic carbocycles. The summed E-state index contributed by atoms with van der Waals surface area (Å²) in [4.78, 5) is 8.53. The molecule has 1 aliphatic carbocycles. The van der Waals surface area contributed by atoms with E-state index in [2.05, 4.69) is 9.98 Å². The third-order valence-corrected chi connectivity index (χ3v) is 7.19. The standard InChI is InChI=1S/C22H27ClN6O3/c1-2-26-20(24)13-4-6-28(21(13)25)14-8-22(19(31)18(14)30)9-15(32-11-22)12-3-5-29-16(23)10-27-17(29)7-12/h3-7,10,14-15,18-19,30-31H,2,8-9,11,25H2,1H3,(H2,24,26)/t14-,15-,18+,19+,22-/m1/s1. The number of ether oxygens (including phenoxy) is 1. The molecule has 0 unspecified atom stereocenters. The summed E-state index contributed by atoms with van der Waals surface area (Å²) in [6.45, 7) is 2.80. The molecule has 170 valence electrons. The predicted octanol–water partition coefficient (Wildman–Crippen LogP) is 1.91. The second-order valence-corrected chi connectivity index (χ2v) is 9.11. The molecule has 32 heavy (non-hydrogen) atoms. The Morgan fingerprint density at radius 3 is 2.94 bits per heavy atom. The van der Waals surface area contributed by atoms with Gasteiger partial charge >= 0.3 is 0 Å². The number of nitrogen functional groups attached to an aromatic ring is 1. The molecule has 0 bridgehead atoms. The Hall–Kier alpha value is -2.59. The van der Waals surface area contributed by atoms with Crippen molar-refractivity contribution in [3.63, 3.8) is 0 Å². The van der Waals surface area contributed by atoms with Gasteiger partial charge in [0.2, 0.25) is 0 Å². The zero-order chi connectivity index (χ0) is 22.6. The van der Waals surface area contributed by atoms with Gasteiger partial charge in [0.05, 0.1) is 36.6 Å². The topological polar surface area (TPSA) is 136 Å². The Morgan fingerprint density at radius 2 is 2.16 bits per heavy atom. The van der Waals surface area contributed by atoms with E-state index >= 15 is 0 Å². The number of aliphatic hydroxyl groups excluding tert-OH is 2. The molecule has 10 heteroatoms. The van der Waals surface area contributed by atoms with E-state index in [9.17, 15) is 10.2 Å². The first-order chi connectivity index (χ1) is 15.3. The Bertz CT molecular complexity index is 1190. The van der Waals surface area contributed by atoms with Crippen molar-refractivity contribution in [3.8, 4) is 0 Å². The maximum Gasteiger partial charge on any atom is 0.138 e. The monoisotopic (exact) mass is 458 g/mol. The van der Waals surface area contributed by atoms with Crippen molar-refractivity contribution in [1.82, 2.24) is 14.0 Å². The number of imidazole rings is 1. The van der Waals surface area contributed by atoms with Crippen LogP contribution in [0.4, 0.5) is 5.82 Å². The highest BCUT2D eigenvalue weighted by molar-refractivity contribution is 6.29. The first kappa shape index (κ1) is 21.3. The quantitative estimate of drug-likeness (QED) is 0.348. The molecule has 3 aromatic heterocycles. The van der Waals surface area contributed by atoms with Crippen LogP contribution in [-0.2, 0) is 4.74 Å². The molecule has 5 atom stereocenters. The van der Waals surface area contributed by atoms with Gasteiger partial charge in [-0.05, 0) is 43.5 Å². The third kappa shape index (κ3) is 3.19. The van der Waals surface area contributed by atoms with Crippen molar-refractivity contribution in [3.05, 3.63) is 53.1 Å². The molecule has 9 nitrogen and oxygen atoms in total. The van der Waals surface area contributed by atoms with Crippen LogP contribution in [0, 0.1) is 5.41 Å². The number of anilines is 1. The summed E-state index contributed by atoms with van der Waals surface area (Å²) >= 11 is 6.12. The summed E-state index contributed by atoms with van der Waals surface area (Å²) in [5.41, 5.74) is 14.1. The highest BCUT2D eigenvalue weighted by atomic mass is 35.5. The van der Waals surface area contributed by atoms with Crippen molar-refractivity contribution >= 4 is 28.9 Å². The summed E-state index contributed by atoms with van der Waals surface area (Å²) in [6, 6.07) is 5.30. The highest BCUT2D eigenvalue weighted by Gasteiger charge is 2.57. The van der Waals surface area contributed by atoms with Crippen LogP contribution in [-0.4, -0.2) is 55.4 Å². The van der Waals surface area contributed by atoms with Gasteiger partial charge in [-0.25, -0.2) is 4.98 Å². The van der Waals surface area contributed by atoms with Gasteiger partial charge in [-0.3, -0.25) is 9.39 Å². The van der Waals surface area contributed by atoms with Crippen LogP contribution in [0.1, 0.15) is 43.0 Å². The fraction of sp³-hybridized carbons (Fsp3) is 0.455. The molecule has 1 spiro atoms. The number of rotatable bonds is 4. The molecule has 0 radical (unpaired) electrons. The zero-order valence-electron chi connectivity index (χ0n) is 17.7. The van der Waals surface area contributed by atoms with Crippen LogP contribution < -0.4 is 11.5 Å². The van der Waals surface area contributed by atoms with Crippen molar-refractivity contribution in [2.75, 3.05) is 18.9 Å². The number of nitrogens with zero attached hydrogens (tertiary/aromatic N) is 4. The normalized spacial score (nSPS) is 30.7. The van der Waals surface area contributed by atoms with E-state index in [1.807, 2.05) is 25.3 Å². The lowest BCUT2D eigenvalue weighted by molar-refractivity contribution is -0.0310. The minimum absolute atomic E-state index is 0.207. The summed E-state index contributed by atoms with van der Waals surface area (Å²) in [6.07, 6.45) is 4.26. The molecule has 2 aliphatic rings.